The van der Waals surface area contributed by atoms with Gasteiger partial charge >= 0.3 is 5.97 Å². The molecule has 0 radical (unpaired) electrons. The van der Waals surface area contributed by atoms with Crippen molar-refractivity contribution in [2.45, 2.75) is 19.8 Å². The van der Waals surface area contributed by atoms with Gasteiger partial charge in [-0.2, -0.15) is 0 Å². The van der Waals surface area contributed by atoms with Crippen molar-refractivity contribution in [2.75, 3.05) is 20.3 Å². The summed E-state index contributed by atoms with van der Waals surface area (Å²) in [5.41, 5.74) is 1.71. The largest absolute Gasteiger partial charge is 0.493 e. The number of hydrogen-bond donors (Lipinski definition) is 2. The van der Waals surface area contributed by atoms with Gasteiger partial charge in [-0.3, -0.25) is 4.79 Å². The third-order valence-electron chi connectivity index (χ3n) is 3.85. The van der Waals surface area contributed by atoms with E-state index in [9.17, 15) is 9.59 Å². The molecule has 0 atom stereocenters. The van der Waals surface area contributed by atoms with Crippen LogP contribution < -0.4 is 14.8 Å². The van der Waals surface area contributed by atoms with Crippen LogP contribution in [0.3, 0.4) is 0 Å². The van der Waals surface area contributed by atoms with E-state index in [1.807, 2.05) is 25.1 Å². The minimum Gasteiger partial charge on any atom is -0.493 e. The van der Waals surface area contributed by atoms with Gasteiger partial charge in [0.05, 0.1) is 19.3 Å². The number of carboxylic acids is 1. The molecule has 2 N–H and O–H groups in total. The summed E-state index contributed by atoms with van der Waals surface area (Å²) in [7, 11) is 1.61. The molecular weight excluding hydrogens is 334 g/mol. The number of nitrogens with one attached hydrogen (secondary N) is 1. The minimum atomic E-state index is -1.01. The average Bonchev–Trinajstić information content (AvgIpc) is 2.65. The van der Waals surface area contributed by atoms with Crippen LogP contribution in [0.4, 0.5) is 0 Å². The van der Waals surface area contributed by atoms with Crippen molar-refractivity contribution in [3.8, 4) is 11.5 Å². The summed E-state index contributed by atoms with van der Waals surface area (Å²) in [4.78, 5) is 22.9. The molecule has 0 spiro atoms. The van der Waals surface area contributed by atoms with Crippen LogP contribution in [-0.2, 0) is 6.42 Å². The second kappa shape index (κ2) is 9.46. The average molecular weight is 357 g/mol. The summed E-state index contributed by atoms with van der Waals surface area (Å²) in [5.74, 6) is 0.193. The Morgan fingerprint density at radius 3 is 2.35 bits per heavy atom. The van der Waals surface area contributed by atoms with Crippen LogP contribution in [0.15, 0.2) is 42.5 Å². The summed E-state index contributed by atoms with van der Waals surface area (Å²) < 4.78 is 10.8. The van der Waals surface area contributed by atoms with Crippen molar-refractivity contribution in [3.63, 3.8) is 0 Å². The number of aromatic carboxylic acids is 1. The third-order valence-corrected chi connectivity index (χ3v) is 3.85. The van der Waals surface area contributed by atoms with Crippen LogP contribution in [0, 0.1) is 0 Å². The molecule has 1 amide bonds. The van der Waals surface area contributed by atoms with Crippen molar-refractivity contribution in [2.24, 2.45) is 0 Å². The number of benzene rings is 2. The SMILES string of the molecule is CCOc1cc(CCCNC(=O)c2ccc(C(=O)O)cc2)ccc1OC. The van der Waals surface area contributed by atoms with Gasteiger partial charge in [0.15, 0.2) is 11.5 Å². The predicted octanol–water partition coefficient (Wildman–Crippen LogP) is 3.15. The number of methoxy groups -OCH3 is 1. The van der Waals surface area contributed by atoms with Gasteiger partial charge in [-0.25, -0.2) is 4.79 Å². The molecule has 2 aromatic rings. The summed E-state index contributed by atoms with van der Waals surface area (Å²) in [6.07, 6.45) is 1.57. The fourth-order valence-corrected chi connectivity index (χ4v) is 2.51. The summed E-state index contributed by atoms with van der Waals surface area (Å²) in [6, 6.07) is 11.7. The highest BCUT2D eigenvalue weighted by atomic mass is 16.5. The van der Waals surface area contributed by atoms with Crippen molar-refractivity contribution in [1.29, 1.82) is 0 Å². The maximum Gasteiger partial charge on any atom is 0.335 e. The molecule has 138 valence electrons. The first kappa shape index (κ1) is 19.3. The molecule has 0 unspecified atom stereocenters. The fraction of sp³-hybridized carbons (Fsp3) is 0.300. The van der Waals surface area contributed by atoms with Crippen molar-refractivity contribution < 1.29 is 24.2 Å². The summed E-state index contributed by atoms with van der Waals surface area (Å²) in [5, 5.41) is 11.7. The molecule has 0 bridgehead atoms. The molecule has 0 saturated heterocycles. The number of aryl methyl sites for hydroxylation is 1. The van der Waals surface area contributed by atoms with E-state index < -0.39 is 5.97 Å². The van der Waals surface area contributed by atoms with Crippen LogP contribution in [0.5, 0.6) is 11.5 Å². The number of rotatable bonds is 9. The molecule has 0 aromatic heterocycles. The molecule has 0 saturated carbocycles. The molecule has 0 fully saturated rings. The number of ether oxygens (including phenoxy) is 2. The Morgan fingerprint density at radius 2 is 1.73 bits per heavy atom. The van der Waals surface area contributed by atoms with E-state index in [0.717, 1.165) is 24.2 Å². The molecule has 0 aliphatic heterocycles. The van der Waals surface area contributed by atoms with Gasteiger partial charge in [0.1, 0.15) is 0 Å². The molecule has 2 rings (SSSR count). The Hall–Kier alpha value is -3.02. The summed E-state index contributed by atoms with van der Waals surface area (Å²) in [6.45, 7) is 3.01. The van der Waals surface area contributed by atoms with Gasteiger partial charge in [-0.1, -0.05) is 6.07 Å². The lowest BCUT2D eigenvalue weighted by Gasteiger charge is -2.11. The Bertz CT molecular complexity index is 755. The molecule has 6 heteroatoms. The fourth-order valence-electron chi connectivity index (χ4n) is 2.51. The van der Waals surface area contributed by atoms with Crippen molar-refractivity contribution in [1.82, 2.24) is 5.32 Å². The number of hydrogen-bond acceptors (Lipinski definition) is 4. The maximum absolute atomic E-state index is 12.1. The van der Waals surface area contributed by atoms with Gasteiger partial charge in [-0.05, 0) is 61.7 Å². The molecule has 2 aromatic carbocycles. The normalized spacial score (nSPS) is 10.2. The van der Waals surface area contributed by atoms with E-state index in [1.54, 1.807) is 7.11 Å². The standard InChI is InChI=1S/C20H23NO5/c1-3-26-18-13-14(6-11-17(18)25-2)5-4-12-21-19(22)15-7-9-16(10-8-15)20(23)24/h6-11,13H,3-5,12H2,1-2H3,(H,21,22)(H,23,24). The highest BCUT2D eigenvalue weighted by Crippen LogP contribution is 2.28. The van der Waals surface area contributed by atoms with E-state index in [1.165, 1.54) is 24.3 Å². The second-order valence-electron chi connectivity index (χ2n) is 5.66. The smallest absolute Gasteiger partial charge is 0.335 e. The predicted molar refractivity (Wildman–Crippen MR) is 98.2 cm³/mol. The number of carbonyl (C=O) groups is 2. The lowest BCUT2D eigenvalue weighted by atomic mass is 10.1. The molecule has 26 heavy (non-hydrogen) atoms. The quantitative estimate of drug-likeness (QED) is 0.674. The first-order chi connectivity index (χ1) is 12.5. The van der Waals surface area contributed by atoms with E-state index in [2.05, 4.69) is 5.32 Å². The van der Waals surface area contributed by atoms with Crippen LogP contribution >= 0.6 is 0 Å². The van der Waals surface area contributed by atoms with Gasteiger partial charge in [0, 0.05) is 12.1 Å². The minimum absolute atomic E-state index is 0.158. The molecule has 0 aliphatic rings. The molecule has 0 heterocycles. The van der Waals surface area contributed by atoms with E-state index in [4.69, 9.17) is 14.6 Å². The van der Waals surface area contributed by atoms with Crippen LogP contribution in [-0.4, -0.2) is 37.2 Å². The lowest BCUT2D eigenvalue weighted by Crippen LogP contribution is -2.24. The Morgan fingerprint density at radius 1 is 1.04 bits per heavy atom. The van der Waals surface area contributed by atoms with Crippen LogP contribution in [0.25, 0.3) is 0 Å². The second-order valence-corrected chi connectivity index (χ2v) is 5.66. The van der Waals surface area contributed by atoms with E-state index >= 15 is 0 Å². The maximum atomic E-state index is 12.1. The first-order valence-corrected chi connectivity index (χ1v) is 8.46. The van der Waals surface area contributed by atoms with Gasteiger partial charge in [0.25, 0.3) is 5.91 Å². The van der Waals surface area contributed by atoms with Crippen LogP contribution in [0.1, 0.15) is 39.6 Å². The topological polar surface area (TPSA) is 84.9 Å². The number of carbonyl (C=O) groups excluding carboxylic acids is 1. The van der Waals surface area contributed by atoms with Crippen molar-refractivity contribution >= 4 is 11.9 Å². The highest BCUT2D eigenvalue weighted by Gasteiger charge is 2.08. The Kier molecular flexibility index (Phi) is 7.02. The zero-order valence-electron chi connectivity index (χ0n) is 15.0. The molecule has 0 aliphatic carbocycles. The first-order valence-electron chi connectivity index (χ1n) is 8.46. The zero-order valence-corrected chi connectivity index (χ0v) is 15.0. The monoisotopic (exact) mass is 357 g/mol. The molecular formula is C20H23NO5. The van der Waals surface area contributed by atoms with Gasteiger partial charge in [-0.15, -0.1) is 0 Å². The van der Waals surface area contributed by atoms with Crippen LogP contribution in [0.2, 0.25) is 0 Å². The highest BCUT2D eigenvalue weighted by molar-refractivity contribution is 5.95. The molecule has 6 nitrogen and oxygen atoms in total. The van der Waals surface area contributed by atoms with E-state index in [-0.39, 0.29) is 11.5 Å². The number of carboxylic acid groups (broad SMARTS) is 1. The van der Waals surface area contributed by atoms with Gasteiger partial charge < -0.3 is 19.9 Å². The Labute approximate surface area is 152 Å². The van der Waals surface area contributed by atoms with Gasteiger partial charge in [0.2, 0.25) is 0 Å². The number of amides is 1. The van der Waals surface area contributed by atoms with Crippen molar-refractivity contribution in [3.05, 3.63) is 59.2 Å². The zero-order chi connectivity index (χ0) is 18.9. The third kappa shape index (κ3) is 5.24. The summed E-state index contributed by atoms with van der Waals surface area (Å²) >= 11 is 0. The van der Waals surface area contributed by atoms with E-state index in [0.29, 0.717) is 24.5 Å². The lowest BCUT2D eigenvalue weighted by molar-refractivity contribution is 0.0696. The Balaban J connectivity index is 1.83.